The van der Waals surface area contributed by atoms with E-state index in [0.29, 0.717) is 12.5 Å². The van der Waals surface area contributed by atoms with Gasteiger partial charge >= 0.3 is 5.97 Å². The van der Waals surface area contributed by atoms with Crippen LogP contribution in [0.1, 0.15) is 58.1 Å². The highest BCUT2D eigenvalue weighted by Crippen LogP contribution is 2.34. The summed E-state index contributed by atoms with van der Waals surface area (Å²) in [5.74, 6) is 0.0909. The molecule has 0 spiro atoms. The van der Waals surface area contributed by atoms with Gasteiger partial charge in [0.1, 0.15) is 5.60 Å². The van der Waals surface area contributed by atoms with Crippen molar-refractivity contribution in [3.63, 3.8) is 0 Å². The van der Waals surface area contributed by atoms with E-state index in [2.05, 4.69) is 67.7 Å². The molecule has 0 aliphatic carbocycles. The summed E-state index contributed by atoms with van der Waals surface area (Å²) in [5.41, 5.74) is 1.98. The highest BCUT2D eigenvalue weighted by molar-refractivity contribution is 5.70. The minimum atomic E-state index is -0.470. The van der Waals surface area contributed by atoms with Crippen molar-refractivity contribution in [3.8, 4) is 0 Å². The average Bonchev–Trinajstić information content (AvgIpc) is 2.60. The molecular formula is C24H33NO2. The lowest BCUT2D eigenvalue weighted by Crippen LogP contribution is -2.35. The molecule has 0 amide bonds. The van der Waals surface area contributed by atoms with E-state index < -0.39 is 5.60 Å². The van der Waals surface area contributed by atoms with Gasteiger partial charge in [-0.3, -0.25) is 4.79 Å². The molecule has 1 N–H and O–H groups in total. The van der Waals surface area contributed by atoms with Gasteiger partial charge in [0.2, 0.25) is 0 Å². The van der Waals surface area contributed by atoms with Gasteiger partial charge in [-0.1, -0.05) is 74.5 Å². The van der Waals surface area contributed by atoms with Gasteiger partial charge in [0.05, 0.1) is 6.42 Å². The summed E-state index contributed by atoms with van der Waals surface area (Å²) in [4.78, 5) is 12.6. The lowest BCUT2D eigenvalue weighted by atomic mass is 9.79. The summed E-state index contributed by atoms with van der Waals surface area (Å²) in [7, 11) is 0. The van der Waals surface area contributed by atoms with E-state index in [0.717, 1.165) is 6.54 Å². The fourth-order valence-electron chi connectivity index (χ4n) is 3.35. The van der Waals surface area contributed by atoms with Crippen LogP contribution < -0.4 is 5.32 Å². The molecule has 0 fully saturated rings. The number of carbonyl (C=O) groups excluding carboxylic acids is 1. The van der Waals surface area contributed by atoms with Crippen LogP contribution in [0.15, 0.2) is 60.7 Å². The van der Waals surface area contributed by atoms with Crippen molar-refractivity contribution in [1.29, 1.82) is 0 Å². The van der Waals surface area contributed by atoms with Gasteiger partial charge in [0.25, 0.3) is 0 Å². The van der Waals surface area contributed by atoms with E-state index in [1.165, 1.54) is 11.1 Å². The quantitative estimate of drug-likeness (QED) is 0.655. The van der Waals surface area contributed by atoms with Crippen LogP contribution >= 0.6 is 0 Å². The third-order valence-corrected chi connectivity index (χ3v) is 4.43. The number of hydrogen-bond donors (Lipinski definition) is 1. The van der Waals surface area contributed by atoms with Crippen molar-refractivity contribution in [3.05, 3.63) is 71.8 Å². The lowest BCUT2D eigenvalue weighted by molar-refractivity contribution is -0.156. The minimum absolute atomic E-state index is 0.104. The second-order valence-electron chi connectivity index (χ2n) is 8.41. The van der Waals surface area contributed by atoms with Gasteiger partial charge in [-0.15, -0.1) is 0 Å². The van der Waals surface area contributed by atoms with Crippen LogP contribution in [0.3, 0.4) is 0 Å². The van der Waals surface area contributed by atoms with Crippen LogP contribution in [0, 0.1) is 5.92 Å². The fourth-order valence-corrected chi connectivity index (χ4v) is 3.35. The standard InChI is InChI=1S/C24H33NO2/c1-18(2)25-17-21(16-22(26)27-24(3,4)5)23(19-12-8-6-9-13-19)20-14-10-7-11-15-20/h6-15,18,21,23,25H,16-17H2,1-5H3/t21-/m1/s1. The molecule has 0 aromatic heterocycles. The monoisotopic (exact) mass is 367 g/mol. The molecule has 2 aromatic carbocycles. The van der Waals surface area contributed by atoms with Crippen LogP contribution in [-0.4, -0.2) is 24.2 Å². The Labute approximate surface area is 164 Å². The predicted octanol–water partition coefficient (Wildman–Crippen LogP) is 5.16. The largest absolute Gasteiger partial charge is 0.460 e. The molecule has 2 rings (SSSR count). The third-order valence-electron chi connectivity index (χ3n) is 4.43. The van der Waals surface area contributed by atoms with E-state index in [1.54, 1.807) is 0 Å². The molecule has 0 bridgehead atoms. The summed E-state index contributed by atoms with van der Waals surface area (Å²) in [6.07, 6.45) is 0.380. The van der Waals surface area contributed by atoms with Crippen molar-refractivity contribution in [1.82, 2.24) is 5.32 Å². The van der Waals surface area contributed by atoms with Gasteiger partial charge in [0.15, 0.2) is 0 Å². The maximum absolute atomic E-state index is 12.6. The van der Waals surface area contributed by atoms with Crippen molar-refractivity contribution < 1.29 is 9.53 Å². The minimum Gasteiger partial charge on any atom is -0.460 e. The molecule has 0 aliphatic rings. The van der Waals surface area contributed by atoms with E-state index >= 15 is 0 Å². The smallest absolute Gasteiger partial charge is 0.306 e. The summed E-state index contributed by atoms with van der Waals surface area (Å²) < 4.78 is 5.63. The highest BCUT2D eigenvalue weighted by Gasteiger charge is 2.29. The molecule has 0 radical (unpaired) electrons. The third kappa shape index (κ3) is 7.18. The van der Waals surface area contributed by atoms with E-state index in [9.17, 15) is 4.79 Å². The molecule has 2 aromatic rings. The number of esters is 1. The van der Waals surface area contributed by atoms with E-state index in [-0.39, 0.29) is 17.8 Å². The molecule has 0 aliphatic heterocycles. The van der Waals surface area contributed by atoms with E-state index in [1.807, 2.05) is 32.9 Å². The zero-order valence-electron chi connectivity index (χ0n) is 17.2. The number of benzene rings is 2. The molecule has 0 saturated heterocycles. The number of rotatable bonds is 8. The lowest BCUT2D eigenvalue weighted by Gasteiger charge is -2.30. The molecular weight excluding hydrogens is 334 g/mol. The van der Waals surface area contributed by atoms with Crippen LogP contribution in [0.2, 0.25) is 0 Å². The van der Waals surface area contributed by atoms with Crippen LogP contribution in [-0.2, 0) is 9.53 Å². The first-order chi connectivity index (χ1) is 12.8. The topological polar surface area (TPSA) is 38.3 Å². The summed E-state index contributed by atoms with van der Waals surface area (Å²) in [6, 6.07) is 21.3. The van der Waals surface area contributed by atoms with Gasteiger partial charge in [-0.25, -0.2) is 0 Å². The Morgan fingerprint density at radius 2 is 1.41 bits per heavy atom. The van der Waals surface area contributed by atoms with E-state index in [4.69, 9.17) is 4.74 Å². The average molecular weight is 368 g/mol. The Balaban J connectivity index is 2.35. The first kappa shape index (κ1) is 21.2. The van der Waals surface area contributed by atoms with Crippen LogP contribution in [0.5, 0.6) is 0 Å². The van der Waals surface area contributed by atoms with Gasteiger partial charge in [-0.05, 0) is 44.4 Å². The second-order valence-corrected chi connectivity index (χ2v) is 8.41. The number of nitrogens with one attached hydrogen (secondary N) is 1. The van der Waals surface area contributed by atoms with Crippen molar-refractivity contribution in [2.24, 2.45) is 5.92 Å². The molecule has 27 heavy (non-hydrogen) atoms. The zero-order chi connectivity index (χ0) is 19.9. The molecule has 1 atom stereocenters. The Kier molecular flexibility index (Phi) is 7.61. The number of carbonyl (C=O) groups is 1. The Morgan fingerprint density at radius 3 is 1.81 bits per heavy atom. The van der Waals surface area contributed by atoms with Gasteiger partial charge in [0, 0.05) is 12.0 Å². The molecule has 146 valence electrons. The molecule has 3 nitrogen and oxygen atoms in total. The SMILES string of the molecule is CC(C)NC[C@@H](CC(=O)OC(C)(C)C)C(c1ccccc1)c1ccccc1. The second kappa shape index (κ2) is 9.70. The Hall–Kier alpha value is -2.13. The van der Waals surface area contributed by atoms with Crippen LogP contribution in [0.4, 0.5) is 0 Å². The summed E-state index contributed by atoms with van der Waals surface area (Å²) >= 11 is 0. The molecule has 0 saturated carbocycles. The number of hydrogen-bond acceptors (Lipinski definition) is 3. The normalized spacial score (nSPS) is 13.0. The molecule has 0 heterocycles. The van der Waals surface area contributed by atoms with Crippen molar-refractivity contribution in [2.75, 3.05) is 6.54 Å². The molecule has 3 heteroatoms. The number of ether oxygens (including phenoxy) is 1. The van der Waals surface area contributed by atoms with Gasteiger partial charge < -0.3 is 10.1 Å². The van der Waals surface area contributed by atoms with Crippen molar-refractivity contribution in [2.45, 2.75) is 58.6 Å². The highest BCUT2D eigenvalue weighted by atomic mass is 16.6. The Bertz CT molecular complexity index is 650. The maximum atomic E-state index is 12.6. The van der Waals surface area contributed by atoms with Crippen LogP contribution in [0.25, 0.3) is 0 Å². The molecule has 0 unspecified atom stereocenters. The maximum Gasteiger partial charge on any atom is 0.306 e. The first-order valence-corrected chi connectivity index (χ1v) is 9.81. The predicted molar refractivity (Wildman–Crippen MR) is 112 cm³/mol. The fraction of sp³-hybridized carbons (Fsp3) is 0.458. The van der Waals surface area contributed by atoms with Crippen molar-refractivity contribution >= 4 is 5.97 Å². The Morgan fingerprint density at radius 1 is 0.926 bits per heavy atom. The first-order valence-electron chi connectivity index (χ1n) is 9.81. The van der Waals surface area contributed by atoms with Gasteiger partial charge in [-0.2, -0.15) is 0 Å². The summed E-state index contributed by atoms with van der Waals surface area (Å²) in [6.45, 7) is 10.8. The zero-order valence-corrected chi connectivity index (χ0v) is 17.2. The summed E-state index contributed by atoms with van der Waals surface area (Å²) in [5, 5.41) is 3.53.